The Labute approximate surface area is 154 Å². The van der Waals surface area contributed by atoms with E-state index in [4.69, 9.17) is 4.74 Å². The topological polar surface area (TPSA) is 58.2 Å². The number of carbonyl (C=O) groups is 1. The van der Waals surface area contributed by atoms with Gasteiger partial charge in [0.2, 0.25) is 0 Å². The van der Waals surface area contributed by atoms with Gasteiger partial charge in [-0.05, 0) is 43.7 Å². The van der Waals surface area contributed by atoms with Crippen LogP contribution >= 0.6 is 0 Å². The Kier molecular flexibility index (Phi) is 4.81. The Morgan fingerprint density at radius 3 is 2.77 bits per heavy atom. The second kappa shape index (κ2) is 7.23. The van der Waals surface area contributed by atoms with Crippen molar-refractivity contribution in [2.24, 2.45) is 0 Å². The van der Waals surface area contributed by atoms with Crippen molar-refractivity contribution in [3.63, 3.8) is 0 Å². The first-order chi connectivity index (χ1) is 12.7. The fourth-order valence-corrected chi connectivity index (χ4v) is 4.28. The predicted molar refractivity (Wildman–Crippen MR) is 100.0 cm³/mol. The summed E-state index contributed by atoms with van der Waals surface area (Å²) in [6.45, 7) is 4.25. The number of rotatable bonds is 4. The summed E-state index contributed by atoms with van der Waals surface area (Å²) in [5.74, 6) is 0.611. The van der Waals surface area contributed by atoms with Crippen LogP contribution in [0.4, 0.5) is 0 Å². The van der Waals surface area contributed by atoms with Crippen LogP contribution in [0.3, 0.4) is 0 Å². The Bertz CT molecular complexity index is 742. The lowest BCUT2D eigenvalue weighted by Gasteiger charge is -2.36. The van der Waals surface area contributed by atoms with Gasteiger partial charge in [-0.15, -0.1) is 0 Å². The highest BCUT2D eigenvalue weighted by Gasteiger charge is 2.41. The smallest absolute Gasteiger partial charge is 0.254 e. The van der Waals surface area contributed by atoms with Crippen LogP contribution in [-0.4, -0.2) is 46.3 Å². The average molecular weight is 353 g/mol. The summed E-state index contributed by atoms with van der Waals surface area (Å²) in [6, 6.07) is 10.5. The minimum atomic E-state index is -0.598. The number of piperidine rings is 1. The molecule has 1 aromatic heterocycles. The number of nitrogens with one attached hydrogen (secondary N) is 1. The summed E-state index contributed by atoms with van der Waals surface area (Å²) in [5, 5.41) is 7.52. The van der Waals surface area contributed by atoms with Gasteiger partial charge in [-0.25, -0.2) is 0 Å². The molecule has 5 nitrogen and oxygen atoms in total. The van der Waals surface area contributed by atoms with Crippen LogP contribution < -0.4 is 0 Å². The lowest BCUT2D eigenvalue weighted by molar-refractivity contribution is -0.152. The van der Waals surface area contributed by atoms with E-state index in [1.165, 1.54) is 16.8 Å². The molecule has 0 saturated carbocycles. The fraction of sp³-hybridized carbons (Fsp3) is 0.524. The van der Waals surface area contributed by atoms with Gasteiger partial charge in [0.1, 0.15) is 5.60 Å². The highest BCUT2D eigenvalue weighted by molar-refractivity contribution is 5.85. The van der Waals surface area contributed by atoms with Crippen LogP contribution in [-0.2, 0) is 16.0 Å². The predicted octanol–water partition coefficient (Wildman–Crippen LogP) is 3.28. The van der Waals surface area contributed by atoms with Gasteiger partial charge in [0.05, 0.1) is 6.20 Å². The van der Waals surface area contributed by atoms with Gasteiger partial charge in [0, 0.05) is 37.7 Å². The van der Waals surface area contributed by atoms with Gasteiger partial charge >= 0.3 is 0 Å². The zero-order valence-corrected chi connectivity index (χ0v) is 15.4. The first kappa shape index (κ1) is 17.3. The summed E-state index contributed by atoms with van der Waals surface area (Å²) < 4.78 is 5.73. The van der Waals surface area contributed by atoms with Crippen molar-refractivity contribution in [3.05, 3.63) is 53.3 Å². The largest absolute Gasteiger partial charge is 0.365 e. The van der Waals surface area contributed by atoms with Crippen LogP contribution in [0.1, 0.15) is 55.3 Å². The van der Waals surface area contributed by atoms with E-state index in [2.05, 4.69) is 34.5 Å². The van der Waals surface area contributed by atoms with Gasteiger partial charge in [-0.1, -0.05) is 30.3 Å². The second-order valence-electron chi connectivity index (χ2n) is 7.72. The summed E-state index contributed by atoms with van der Waals surface area (Å²) in [7, 11) is 0. The Balaban J connectivity index is 1.40. The van der Waals surface area contributed by atoms with Crippen molar-refractivity contribution in [1.29, 1.82) is 0 Å². The SMILES string of the molecule is C[C@@]1(C(=O)N2CCC(c3[nH]ncc3Cc3ccccc3)CC2)CCCO1. The van der Waals surface area contributed by atoms with E-state index < -0.39 is 5.60 Å². The molecule has 2 aliphatic heterocycles. The van der Waals surface area contributed by atoms with E-state index in [1.807, 2.05) is 24.1 Å². The van der Waals surface area contributed by atoms with Crippen molar-refractivity contribution in [2.75, 3.05) is 19.7 Å². The average Bonchev–Trinajstić information content (AvgIpc) is 3.32. The monoisotopic (exact) mass is 353 g/mol. The van der Waals surface area contributed by atoms with Crippen LogP contribution in [0, 0.1) is 0 Å². The lowest BCUT2D eigenvalue weighted by Crippen LogP contribution is -2.49. The molecule has 1 amide bonds. The molecule has 1 N–H and O–H groups in total. The number of carbonyl (C=O) groups excluding carboxylic acids is 1. The number of hydrogen-bond donors (Lipinski definition) is 1. The van der Waals surface area contributed by atoms with Crippen LogP contribution in [0.25, 0.3) is 0 Å². The third-order valence-electron chi connectivity index (χ3n) is 5.85. The Morgan fingerprint density at radius 1 is 1.31 bits per heavy atom. The highest BCUT2D eigenvalue weighted by atomic mass is 16.5. The molecule has 0 unspecified atom stereocenters. The number of ether oxygens (including phenoxy) is 1. The minimum Gasteiger partial charge on any atom is -0.365 e. The van der Waals surface area contributed by atoms with Crippen LogP contribution in [0.15, 0.2) is 36.5 Å². The number of H-pyrrole nitrogens is 1. The molecule has 0 aliphatic carbocycles. The van der Waals surface area contributed by atoms with Crippen molar-refractivity contribution in [3.8, 4) is 0 Å². The van der Waals surface area contributed by atoms with E-state index in [-0.39, 0.29) is 5.91 Å². The molecule has 5 heteroatoms. The van der Waals surface area contributed by atoms with E-state index in [9.17, 15) is 4.79 Å². The number of amides is 1. The molecule has 0 bridgehead atoms. The zero-order chi connectivity index (χ0) is 18.0. The molecule has 26 heavy (non-hydrogen) atoms. The lowest BCUT2D eigenvalue weighted by atomic mass is 9.89. The number of benzene rings is 1. The highest BCUT2D eigenvalue weighted by Crippen LogP contribution is 2.33. The fourth-order valence-electron chi connectivity index (χ4n) is 4.28. The van der Waals surface area contributed by atoms with Crippen molar-refractivity contribution in [1.82, 2.24) is 15.1 Å². The van der Waals surface area contributed by atoms with Crippen LogP contribution in [0.2, 0.25) is 0 Å². The Hall–Kier alpha value is -2.14. The molecule has 2 fully saturated rings. The molecule has 0 radical (unpaired) electrons. The molecule has 3 heterocycles. The van der Waals surface area contributed by atoms with E-state index in [0.29, 0.717) is 12.5 Å². The van der Waals surface area contributed by atoms with Gasteiger partial charge in [0.15, 0.2) is 0 Å². The minimum absolute atomic E-state index is 0.169. The molecule has 2 aliphatic rings. The van der Waals surface area contributed by atoms with Gasteiger partial charge < -0.3 is 9.64 Å². The van der Waals surface area contributed by atoms with Gasteiger partial charge in [-0.3, -0.25) is 9.89 Å². The third kappa shape index (κ3) is 3.40. The molecular weight excluding hydrogens is 326 g/mol. The Morgan fingerprint density at radius 2 is 2.08 bits per heavy atom. The van der Waals surface area contributed by atoms with Crippen molar-refractivity contribution < 1.29 is 9.53 Å². The van der Waals surface area contributed by atoms with Crippen molar-refractivity contribution >= 4 is 5.91 Å². The zero-order valence-electron chi connectivity index (χ0n) is 15.4. The molecule has 1 atom stereocenters. The second-order valence-corrected chi connectivity index (χ2v) is 7.72. The first-order valence-corrected chi connectivity index (χ1v) is 9.65. The maximum absolute atomic E-state index is 12.8. The number of nitrogens with zero attached hydrogens (tertiary/aromatic N) is 2. The van der Waals surface area contributed by atoms with E-state index >= 15 is 0 Å². The van der Waals surface area contributed by atoms with E-state index in [0.717, 1.165) is 45.2 Å². The van der Waals surface area contributed by atoms with Gasteiger partial charge in [-0.2, -0.15) is 5.10 Å². The first-order valence-electron chi connectivity index (χ1n) is 9.65. The summed E-state index contributed by atoms with van der Waals surface area (Å²) >= 11 is 0. The standard InChI is InChI=1S/C21H27N3O2/c1-21(10-5-13-26-21)20(25)24-11-8-17(9-12-24)19-18(15-22-23-19)14-16-6-3-2-4-7-16/h2-4,6-7,15,17H,5,8-14H2,1H3,(H,22,23)/t21-/m0/s1. The summed E-state index contributed by atoms with van der Waals surface area (Å²) in [6.07, 6.45) is 6.63. The van der Waals surface area contributed by atoms with E-state index in [1.54, 1.807) is 0 Å². The third-order valence-corrected chi connectivity index (χ3v) is 5.85. The quantitative estimate of drug-likeness (QED) is 0.918. The molecule has 2 aromatic rings. The summed E-state index contributed by atoms with van der Waals surface area (Å²) in [5.41, 5.74) is 3.21. The normalized spacial score (nSPS) is 24.1. The summed E-state index contributed by atoms with van der Waals surface area (Å²) in [4.78, 5) is 14.8. The maximum Gasteiger partial charge on any atom is 0.254 e. The molecule has 138 valence electrons. The van der Waals surface area contributed by atoms with Crippen molar-refractivity contribution in [2.45, 2.75) is 50.5 Å². The van der Waals surface area contributed by atoms with Gasteiger partial charge in [0.25, 0.3) is 5.91 Å². The number of likely N-dealkylation sites (tertiary alicyclic amines) is 1. The molecule has 4 rings (SSSR count). The molecule has 1 aromatic carbocycles. The van der Waals surface area contributed by atoms with Crippen LogP contribution in [0.5, 0.6) is 0 Å². The number of aromatic nitrogens is 2. The molecule has 0 spiro atoms. The number of hydrogen-bond acceptors (Lipinski definition) is 3. The maximum atomic E-state index is 12.8. The molecular formula is C21H27N3O2. The molecule has 2 saturated heterocycles. The number of aromatic amines is 1.